The Morgan fingerprint density at radius 3 is 2.29 bits per heavy atom. The van der Waals surface area contributed by atoms with Crippen molar-refractivity contribution >= 4 is 34.0 Å². The zero-order valence-electron chi connectivity index (χ0n) is 17.3. The summed E-state index contributed by atoms with van der Waals surface area (Å²) in [6.07, 6.45) is 0. The minimum absolute atomic E-state index is 0.116. The molecule has 0 saturated heterocycles. The summed E-state index contributed by atoms with van der Waals surface area (Å²) in [6.45, 7) is 8.20. The van der Waals surface area contributed by atoms with Crippen molar-refractivity contribution in [2.75, 3.05) is 42.3 Å². The normalized spacial score (nSPS) is 10.8. The maximum atomic E-state index is 12.6. The molecule has 1 amide bonds. The van der Waals surface area contributed by atoms with Gasteiger partial charge in [0.1, 0.15) is 5.82 Å². The third-order valence-electron chi connectivity index (χ3n) is 4.99. The number of benzene rings is 2. The zero-order valence-corrected chi connectivity index (χ0v) is 17.3. The maximum absolute atomic E-state index is 12.6. The molecule has 1 heterocycles. The van der Waals surface area contributed by atoms with Crippen molar-refractivity contribution in [1.82, 2.24) is 4.98 Å². The fourth-order valence-corrected chi connectivity index (χ4v) is 3.28. The first-order valence-corrected chi connectivity index (χ1v) is 9.68. The van der Waals surface area contributed by atoms with E-state index in [1.165, 1.54) is 0 Å². The molecule has 0 aliphatic carbocycles. The molecule has 3 aromatic rings. The number of rotatable bonds is 6. The van der Waals surface area contributed by atoms with Gasteiger partial charge < -0.3 is 15.1 Å². The molecule has 5 heteroatoms. The molecule has 0 radical (unpaired) electrons. The number of nitrogens with zero attached hydrogens (tertiary/aromatic N) is 3. The highest BCUT2D eigenvalue weighted by atomic mass is 16.1. The van der Waals surface area contributed by atoms with Crippen LogP contribution in [0.4, 0.5) is 17.2 Å². The van der Waals surface area contributed by atoms with Crippen molar-refractivity contribution < 1.29 is 4.79 Å². The monoisotopic (exact) mass is 376 g/mol. The van der Waals surface area contributed by atoms with Crippen LogP contribution in [0.25, 0.3) is 10.9 Å². The Morgan fingerprint density at radius 1 is 1.00 bits per heavy atom. The number of carbonyl (C=O) groups is 1. The van der Waals surface area contributed by atoms with Gasteiger partial charge in [-0.05, 0) is 74.9 Å². The average molecular weight is 377 g/mol. The third-order valence-corrected chi connectivity index (χ3v) is 4.99. The van der Waals surface area contributed by atoms with E-state index in [9.17, 15) is 4.79 Å². The molecule has 1 aromatic heterocycles. The van der Waals surface area contributed by atoms with Crippen LogP contribution < -0.4 is 15.1 Å². The number of anilines is 3. The second-order valence-corrected chi connectivity index (χ2v) is 7.10. The minimum atomic E-state index is -0.116. The molecule has 0 unspecified atom stereocenters. The molecule has 146 valence electrons. The quantitative estimate of drug-likeness (QED) is 0.677. The number of fused-ring (bicyclic) bond motifs is 1. The zero-order chi connectivity index (χ0) is 20.3. The Balaban J connectivity index is 1.85. The number of carbonyl (C=O) groups excluding carboxylic acids is 1. The SMILES string of the molecule is CCN(CC)c1cc(C)c2cc(NC(=O)c3ccc(N(C)C)cc3)ccc2n1. The van der Waals surface area contributed by atoms with Crippen molar-refractivity contribution in [3.05, 3.63) is 59.7 Å². The Kier molecular flexibility index (Phi) is 5.83. The number of pyridine rings is 1. The Morgan fingerprint density at radius 2 is 1.68 bits per heavy atom. The predicted octanol–water partition coefficient (Wildman–Crippen LogP) is 4.71. The van der Waals surface area contributed by atoms with E-state index in [1.54, 1.807) is 0 Å². The first-order valence-electron chi connectivity index (χ1n) is 9.68. The molecule has 0 fully saturated rings. The van der Waals surface area contributed by atoms with Crippen LogP contribution in [-0.2, 0) is 0 Å². The lowest BCUT2D eigenvalue weighted by Crippen LogP contribution is -2.23. The van der Waals surface area contributed by atoms with Gasteiger partial charge in [0.2, 0.25) is 0 Å². The molecule has 0 aliphatic rings. The standard InChI is InChI=1S/C23H28N4O/c1-6-27(7-2)22-14-16(3)20-15-18(10-13-21(20)25-22)24-23(28)17-8-11-19(12-9-17)26(4)5/h8-15H,6-7H2,1-5H3,(H,24,28). The van der Waals surface area contributed by atoms with Crippen LogP contribution in [0.3, 0.4) is 0 Å². The Bertz CT molecular complexity index is 976. The van der Waals surface area contributed by atoms with Gasteiger partial charge in [0.15, 0.2) is 0 Å². The summed E-state index contributed by atoms with van der Waals surface area (Å²) in [5.41, 5.74) is 4.56. The van der Waals surface area contributed by atoms with Crippen molar-refractivity contribution in [2.24, 2.45) is 0 Å². The highest BCUT2D eigenvalue weighted by Gasteiger charge is 2.10. The second-order valence-electron chi connectivity index (χ2n) is 7.10. The average Bonchev–Trinajstić information content (AvgIpc) is 2.69. The van der Waals surface area contributed by atoms with E-state index in [4.69, 9.17) is 4.98 Å². The van der Waals surface area contributed by atoms with Gasteiger partial charge in [-0.15, -0.1) is 0 Å². The van der Waals surface area contributed by atoms with Crippen LogP contribution in [0.15, 0.2) is 48.5 Å². The third kappa shape index (κ3) is 4.09. The van der Waals surface area contributed by atoms with E-state index in [1.807, 2.05) is 61.5 Å². The number of hydrogen-bond acceptors (Lipinski definition) is 4. The van der Waals surface area contributed by atoms with E-state index in [2.05, 4.69) is 37.1 Å². The van der Waals surface area contributed by atoms with Crippen LogP contribution >= 0.6 is 0 Å². The number of hydrogen-bond donors (Lipinski definition) is 1. The van der Waals surface area contributed by atoms with E-state index < -0.39 is 0 Å². The molecule has 0 saturated carbocycles. The minimum Gasteiger partial charge on any atom is -0.378 e. The number of aryl methyl sites for hydroxylation is 1. The molecule has 3 rings (SSSR count). The summed E-state index contributed by atoms with van der Waals surface area (Å²) in [5, 5.41) is 4.05. The molecule has 5 nitrogen and oxygen atoms in total. The van der Waals surface area contributed by atoms with Crippen LogP contribution in [-0.4, -0.2) is 38.1 Å². The topological polar surface area (TPSA) is 48.5 Å². The Labute approximate surface area is 167 Å². The summed E-state index contributed by atoms with van der Waals surface area (Å²) >= 11 is 0. The molecule has 1 N–H and O–H groups in total. The largest absolute Gasteiger partial charge is 0.378 e. The highest BCUT2D eigenvalue weighted by molar-refractivity contribution is 6.05. The fourth-order valence-electron chi connectivity index (χ4n) is 3.28. The highest BCUT2D eigenvalue weighted by Crippen LogP contribution is 2.25. The van der Waals surface area contributed by atoms with E-state index in [0.29, 0.717) is 5.56 Å². The van der Waals surface area contributed by atoms with E-state index in [-0.39, 0.29) is 5.91 Å². The predicted molar refractivity (Wildman–Crippen MR) is 119 cm³/mol. The maximum Gasteiger partial charge on any atom is 0.255 e. The van der Waals surface area contributed by atoms with E-state index >= 15 is 0 Å². The molecule has 0 aliphatic heterocycles. The summed E-state index contributed by atoms with van der Waals surface area (Å²) < 4.78 is 0. The first-order chi connectivity index (χ1) is 13.4. The molecule has 0 atom stereocenters. The lowest BCUT2D eigenvalue weighted by Gasteiger charge is -2.21. The number of amides is 1. The molecular weight excluding hydrogens is 348 g/mol. The van der Waals surface area contributed by atoms with Crippen LogP contribution in [0.1, 0.15) is 29.8 Å². The van der Waals surface area contributed by atoms with Gasteiger partial charge in [0, 0.05) is 49.5 Å². The summed E-state index contributed by atoms with van der Waals surface area (Å²) in [5.74, 6) is 0.878. The van der Waals surface area contributed by atoms with Crippen molar-refractivity contribution in [2.45, 2.75) is 20.8 Å². The van der Waals surface area contributed by atoms with Crippen molar-refractivity contribution in [1.29, 1.82) is 0 Å². The summed E-state index contributed by atoms with van der Waals surface area (Å²) in [7, 11) is 3.96. The smallest absolute Gasteiger partial charge is 0.255 e. The number of nitrogens with one attached hydrogen (secondary N) is 1. The van der Waals surface area contributed by atoms with Crippen molar-refractivity contribution in [3.8, 4) is 0 Å². The van der Waals surface area contributed by atoms with Gasteiger partial charge >= 0.3 is 0 Å². The molecular formula is C23H28N4O. The van der Waals surface area contributed by atoms with Gasteiger partial charge in [-0.2, -0.15) is 0 Å². The van der Waals surface area contributed by atoms with Gasteiger partial charge in [0.05, 0.1) is 5.52 Å². The second kappa shape index (κ2) is 8.30. The lowest BCUT2D eigenvalue weighted by atomic mass is 10.1. The number of aromatic nitrogens is 1. The van der Waals surface area contributed by atoms with E-state index in [0.717, 1.165) is 46.7 Å². The molecule has 28 heavy (non-hydrogen) atoms. The summed E-state index contributed by atoms with van der Waals surface area (Å²) in [6, 6.07) is 15.6. The van der Waals surface area contributed by atoms with Crippen LogP contribution in [0, 0.1) is 6.92 Å². The van der Waals surface area contributed by atoms with Gasteiger partial charge in [-0.3, -0.25) is 4.79 Å². The molecule has 2 aromatic carbocycles. The fraction of sp³-hybridized carbons (Fsp3) is 0.304. The summed E-state index contributed by atoms with van der Waals surface area (Å²) in [4.78, 5) is 21.6. The van der Waals surface area contributed by atoms with Gasteiger partial charge in [-0.25, -0.2) is 4.98 Å². The van der Waals surface area contributed by atoms with Crippen molar-refractivity contribution in [3.63, 3.8) is 0 Å². The van der Waals surface area contributed by atoms with Gasteiger partial charge in [0.25, 0.3) is 5.91 Å². The van der Waals surface area contributed by atoms with Crippen LogP contribution in [0.5, 0.6) is 0 Å². The Hall–Kier alpha value is -3.08. The molecule has 0 spiro atoms. The van der Waals surface area contributed by atoms with Gasteiger partial charge in [-0.1, -0.05) is 0 Å². The van der Waals surface area contributed by atoms with Crippen LogP contribution in [0.2, 0.25) is 0 Å². The first kappa shape index (κ1) is 19.7. The molecule has 0 bridgehead atoms. The lowest BCUT2D eigenvalue weighted by molar-refractivity contribution is 0.102.